The molecule has 0 saturated heterocycles. The summed E-state index contributed by atoms with van der Waals surface area (Å²) in [5, 5.41) is -11.2. The molecule has 0 heterocycles. The Morgan fingerprint density at radius 3 is 1.00 bits per heavy atom. The summed E-state index contributed by atoms with van der Waals surface area (Å²) < 4.78 is 583. The number of hydrogen-bond donors (Lipinski definition) is 0. The van der Waals surface area contributed by atoms with E-state index in [1.807, 2.05) is 18.2 Å². The van der Waals surface area contributed by atoms with Gasteiger partial charge in [-0.3, -0.25) is 13.6 Å². The first-order valence-corrected chi connectivity index (χ1v) is 50.4. The third-order valence-electron chi connectivity index (χ3n) is 22.7. The molecule has 14 rings (SSSR count). The molecule has 0 aliphatic heterocycles. The number of rotatable bonds is 17. The molecule has 17 atom stereocenters. The quantitative estimate of drug-likeness (QED) is 0.0410. The van der Waals surface area contributed by atoms with Crippen LogP contribution in [0.5, 0.6) is 0 Å². The number of fused-ring (bicyclic) bond motifs is 10. The molecule has 10 bridgehead atoms. The van der Waals surface area contributed by atoms with Crippen molar-refractivity contribution in [2.75, 3.05) is 13.9 Å². The van der Waals surface area contributed by atoms with Crippen molar-refractivity contribution in [3.05, 3.63) is 181 Å². The second-order valence-electron chi connectivity index (χ2n) is 31.6. The Balaban J connectivity index is 0.000000318. The fourth-order valence-electron chi connectivity index (χ4n) is 15.9. The first-order chi connectivity index (χ1) is 61.2. The van der Waals surface area contributed by atoms with Crippen molar-refractivity contribution in [3.63, 3.8) is 0 Å². The van der Waals surface area contributed by atoms with E-state index in [-0.39, 0.29) is 66.3 Å². The van der Waals surface area contributed by atoms with Gasteiger partial charge in [0.15, 0.2) is 39.8 Å². The molecule has 136 heavy (non-hydrogen) atoms. The van der Waals surface area contributed by atoms with Crippen molar-refractivity contribution in [2.45, 2.75) is 154 Å². The highest BCUT2D eigenvalue weighted by Gasteiger charge is 2.78. The Labute approximate surface area is 760 Å². The zero-order chi connectivity index (χ0) is 105. The summed E-state index contributed by atoms with van der Waals surface area (Å²) in [4.78, 5) is 7.79. The van der Waals surface area contributed by atoms with Gasteiger partial charge in [0.1, 0.15) is 101 Å². The normalized spacial score (nSPS) is 25.5. The van der Waals surface area contributed by atoms with E-state index >= 15 is 0 Å². The number of halogens is 25. The highest BCUT2D eigenvalue weighted by molar-refractivity contribution is 7.88. The van der Waals surface area contributed by atoms with Gasteiger partial charge in [-0.1, -0.05) is 85.0 Å². The van der Waals surface area contributed by atoms with Crippen LogP contribution >= 0.6 is 0 Å². The van der Waals surface area contributed by atoms with Crippen LogP contribution in [0.25, 0.3) is 0 Å². The average molecular weight is 2170 g/mol. The summed E-state index contributed by atoms with van der Waals surface area (Å²) in [5.74, 6) is -25.5. The van der Waals surface area contributed by atoms with Gasteiger partial charge >= 0.3 is 40.2 Å². The summed E-state index contributed by atoms with van der Waals surface area (Å²) in [6.07, 6.45) is 12.0. The highest BCUT2D eigenvalue weighted by Crippen LogP contribution is 2.60. The monoisotopic (exact) mass is 2170 g/mol. The van der Waals surface area contributed by atoms with Gasteiger partial charge in [-0.05, 0) is 210 Å². The molecule has 4 aromatic rings. The fraction of sp³-hybridized carbons (Fsp3) is 0.527. The Morgan fingerprint density at radius 2 is 0.735 bits per heavy atom. The molecule has 10 aliphatic rings. The van der Waals surface area contributed by atoms with Crippen molar-refractivity contribution in [3.8, 4) is 0 Å². The Hall–Kier alpha value is -7.31. The largest absolute Gasteiger partial charge is 0.747 e. The van der Waals surface area contributed by atoms with E-state index in [4.69, 9.17) is 13.0 Å². The van der Waals surface area contributed by atoms with Gasteiger partial charge in [0.25, 0.3) is 0 Å². The Morgan fingerprint density at radius 1 is 0.353 bits per heavy atom. The van der Waals surface area contributed by atoms with E-state index in [9.17, 15) is 218 Å². The van der Waals surface area contributed by atoms with Crippen molar-refractivity contribution >= 4 is 96.8 Å². The minimum Gasteiger partial charge on any atom is -0.747 e. The van der Waals surface area contributed by atoms with Crippen molar-refractivity contribution in [2.24, 2.45) is 88.8 Å². The van der Waals surface area contributed by atoms with E-state index in [0.717, 1.165) is 24.8 Å². The zero-order valence-electron chi connectivity index (χ0n) is 68.6. The van der Waals surface area contributed by atoms with Crippen molar-refractivity contribution in [1.82, 2.24) is 0 Å². The number of carbonyl (C=O) groups excluding carboxylic acids is 1. The van der Waals surface area contributed by atoms with Crippen LogP contribution in [0.1, 0.15) is 84.5 Å². The first-order valence-electron chi connectivity index (χ1n) is 37.8. The van der Waals surface area contributed by atoms with Gasteiger partial charge in [0, 0.05) is 24.0 Å². The van der Waals surface area contributed by atoms with E-state index in [0.29, 0.717) is 101 Å². The summed E-state index contributed by atoms with van der Waals surface area (Å²) in [7, 11) is -48.2. The number of benzene rings is 4. The molecular weight excluding hydrogens is 2100 g/mol. The van der Waals surface area contributed by atoms with Crippen molar-refractivity contribution in [1.29, 1.82) is 0 Å². The molecule has 0 amide bonds. The molecule has 0 radical (unpaired) electrons. The molecular formula is C74H72F25O28S9-9. The summed E-state index contributed by atoms with van der Waals surface area (Å²) in [6.45, 7) is 0.922. The second-order valence-corrected chi connectivity index (χ2v) is 44.8. The molecule has 28 nitrogen and oxygen atoms in total. The van der Waals surface area contributed by atoms with E-state index in [1.165, 1.54) is 42.8 Å². The van der Waals surface area contributed by atoms with Crippen LogP contribution < -0.4 is 0 Å². The Bertz CT molecular complexity index is 6110. The predicted molar refractivity (Wildman–Crippen MR) is 407 cm³/mol. The molecule has 0 spiro atoms. The van der Waals surface area contributed by atoms with E-state index in [1.54, 1.807) is 24.3 Å². The molecule has 17 unspecified atom stereocenters. The molecule has 774 valence electrons. The van der Waals surface area contributed by atoms with Gasteiger partial charge in [0.2, 0.25) is 5.78 Å². The maximum atomic E-state index is 13.7. The van der Waals surface area contributed by atoms with Gasteiger partial charge < -0.3 is 41.0 Å². The second kappa shape index (κ2) is 44.5. The van der Waals surface area contributed by atoms with Crippen LogP contribution in [0.2, 0.25) is 0 Å². The molecule has 0 N–H and O–H groups in total. The van der Waals surface area contributed by atoms with Crippen LogP contribution in [0, 0.1) is 124 Å². The van der Waals surface area contributed by atoms with Crippen LogP contribution in [0.15, 0.2) is 165 Å². The maximum absolute atomic E-state index is 13.7. The van der Waals surface area contributed by atoms with Gasteiger partial charge in [-0.15, -0.1) is 0 Å². The lowest BCUT2D eigenvalue weighted by Gasteiger charge is -2.41. The molecule has 62 heteroatoms. The summed E-state index contributed by atoms with van der Waals surface area (Å²) >= 11 is 0. The third-order valence-corrected chi connectivity index (χ3v) is 31.5. The lowest BCUT2D eigenvalue weighted by molar-refractivity contribution is -0.301. The summed E-state index contributed by atoms with van der Waals surface area (Å²) in [5.41, 5.74) is -5.65. The number of ketones is 1. The van der Waals surface area contributed by atoms with Gasteiger partial charge in [0.05, 0.1) is 28.5 Å². The van der Waals surface area contributed by atoms with E-state index < -0.39 is 244 Å². The highest BCUT2D eigenvalue weighted by atomic mass is 32.3. The molecule has 10 aliphatic carbocycles. The maximum Gasteiger partial charge on any atom is 0.485 e. The molecule has 5 saturated carbocycles. The smallest absolute Gasteiger partial charge is 0.485 e. The number of hydrogen-bond acceptors (Lipinski definition) is 28. The molecule has 5 fully saturated rings. The Kier molecular flexibility index (Phi) is 39.6. The standard InChI is InChI=1S/C11H15F3O3S.C10H10F6O3S.C10H13F3O3S.C9H10F2O4S.C8H11F.3C6H4F2O3S.C6H6O3S.CHF3O3S.CH3F/c1-10(11(12,13)14,18(15,16)17)6-9-5-7-2-3-8(9)4-7;11-8(12,7-4-5-1-2-6(7)3-5)9(13,14)10(15,16)20(17,18)19;1-9(10(11,12)13,17(14,15)16)8-5-6-2-3-7(8)4-6;10-9(11,16(13,14)15)8(12)7-4-5-1-2-6(7)3-5;9-5-8-4-6-1-2-7(8)3-6;7-4-1-5(8)3-6(2-4)12(9,10)11;7-4-1-2-6(5(8)3-4)12(9,10)11;7-4-2-1-3-5(8)6(4)12(9,10)11;7-10(8,9)6-4-2-1-3-5-6;2-1(3,4)8(5,6)7;1-2/h2-3,7-9H,4-6H2,1H3,(H,15,16,17);1-2,5-7H,3-4H2,(H,17,18,19);2-3,6-8H,4-5H2,1H3,(H,14,15,16);1-2,5-7H,3-4H2,(H,13,14,15);1-2,6-8H,3-5H2;3*1-3H,(H,9,10,11);1-5H,(H,7,8,9);(H,5,6,7);1H3/p-9. The lowest BCUT2D eigenvalue weighted by Crippen LogP contribution is -2.60. The topological polar surface area (TPSA) is 532 Å². The van der Waals surface area contributed by atoms with Crippen LogP contribution in [0.3, 0.4) is 0 Å². The number of carbonyl (C=O) groups is 1. The van der Waals surface area contributed by atoms with E-state index in [2.05, 4.69) is 12.2 Å². The van der Waals surface area contributed by atoms with Crippen LogP contribution in [-0.2, 0) is 95.9 Å². The van der Waals surface area contributed by atoms with Crippen molar-refractivity contribution < 1.29 is 231 Å². The predicted octanol–water partition coefficient (Wildman–Crippen LogP) is 14.0. The average Bonchev–Trinajstić information content (AvgIpc) is 1.31. The number of alkyl halides is 19. The SMILES string of the molecule is CC(C1CC2C=CC1C2)(C(F)(F)F)S(=O)(=O)[O-].CC(CC1CC2C=CC1C2)(C(F)(F)F)S(=O)(=O)[O-].CF.FCC1CC2C=CC1C2.O=C(C1CC2C=CC1C2)C(F)(F)S(=O)(=O)[O-].O=S(=O)([O-])C(F)(F)C(F)(F)C(F)(F)C1CC2C=CC1C2.O=S(=O)([O-])C(F)(F)F.O=S(=O)([O-])c1c(F)cccc1F.O=S(=O)([O-])c1cc(F)cc(F)c1.O=S(=O)([O-])c1ccc(F)cc1F.O=S(=O)([O-])c1ccccc1. The molecule has 4 aromatic carbocycles. The zero-order valence-corrected chi connectivity index (χ0v) is 75.9. The lowest BCUT2D eigenvalue weighted by atomic mass is 9.82. The first kappa shape index (κ1) is 121. The van der Waals surface area contributed by atoms with Gasteiger partial charge in [-0.25, -0.2) is 102 Å². The van der Waals surface area contributed by atoms with Crippen LogP contribution in [-0.4, -0.2) is 186 Å². The minimum atomic E-state index is -6.92. The third kappa shape index (κ3) is 29.9. The fourth-order valence-corrected chi connectivity index (χ4v) is 20.5. The number of allylic oxidation sites excluding steroid dienone is 10. The number of Topliss-reactive ketones (excluding diaryl/α,β-unsaturated/α-hetero) is 1. The minimum absolute atomic E-state index is 0.0153. The molecule has 0 aromatic heterocycles. The van der Waals surface area contributed by atoms with Crippen LogP contribution in [0.4, 0.5) is 110 Å². The summed E-state index contributed by atoms with van der Waals surface area (Å²) in [6, 6.07) is 12.6. The van der Waals surface area contributed by atoms with Gasteiger partial charge in [-0.2, -0.15) is 74.6 Å².